The lowest BCUT2D eigenvalue weighted by Crippen LogP contribution is -2.12. The van der Waals surface area contributed by atoms with Crippen LogP contribution in [0.1, 0.15) is 10.4 Å². The van der Waals surface area contributed by atoms with E-state index < -0.39 is 0 Å². The topological polar surface area (TPSA) is 42.0 Å². The molecule has 0 bridgehead atoms. The Hall–Kier alpha value is -1.58. The number of nitrogens with zero attached hydrogens (tertiary/aromatic N) is 1. The molecule has 0 radical (unpaired) electrons. The van der Waals surface area contributed by atoms with Crippen molar-refractivity contribution in [3.8, 4) is 0 Å². The van der Waals surface area contributed by atoms with Gasteiger partial charge in [-0.1, -0.05) is 23.7 Å². The van der Waals surface area contributed by atoms with Crippen molar-refractivity contribution < 1.29 is 4.79 Å². The van der Waals surface area contributed by atoms with E-state index in [0.717, 1.165) is 0 Å². The number of rotatable bonds is 2. The maximum atomic E-state index is 11.8. The summed E-state index contributed by atoms with van der Waals surface area (Å²) in [4.78, 5) is 15.6. The fraction of sp³-hybridized carbons (Fsp3) is 0. The summed E-state index contributed by atoms with van der Waals surface area (Å²) in [5, 5.41) is 3.23. The molecule has 1 aromatic carbocycles. The summed E-state index contributed by atoms with van der Waals surface area (Å²) in [6.07, 6.45) is 3.12. The Bertz CT molecular complexity index is 503. The number of halogens is 2. The zero-order chi connectivity index (χ0) is 11.4. The molecule has 0 aliphatic carbocycles. The molecule has 1 aromatic heterocycles. The quantitative estimate of drug-likeness (QED) is 0.907. The second kappa shape index (κ2) is 6.23. The first kappa shape index (κ1) is 13.5. The molecular formula is C12H10Cl2N2O. The van der Waals surface area contributed by atoms with Gasteiger partial charge in [-0.25, -0.2) is 0 Å². The van der Waals surface area contributed by atoms with Gasteiger partial charge in [0.2, 0.25) is 0 Å². The molecule has 1 N–H and O–H groups in total. The number of hydrogen-bond acceptors (Lipinski definition) is 2. The molecule has 5 heteroatoms. The van der Waals surface area contributed by atoms with Crippen LogP contribution < -0.4 is 5.32 Å². The number of aromatic nitrogens is 1. The normalized spacial score (nSPS) is 9.24. The fourth-order valence-electron chi connectivity index (χ4n) is 1.25. The Labute approximate surface area is 110 Å². The number of benzene rings is 1. The third-order valence-electron chi connectivity index (χ3n) is 2.05. The van der Waals surface area contributed by atoms with Crippen LogP contribution in [-0.2, 0) is 0 Å². The van der Waals surface area contributed by atoms with E-state index >= 15 is 0 Å². The molecule has 1 amide bonds. The third-order valence-corrected chi connectivity index (χ3v) is 2.38. The van der Waals surface area contributed by atoms with Crippen LogP contribution in [0.4, 0.5) is 5.69 Å². The van der Waals surface area contributed by atoms with Gasteiger partial charge >= 0.3 is 0 Å². The largest absolute Gasteiger partial charge is 0.321 e. The summed E-state index contributed by atoms with van der Waals surface area (Å²) < 4.78 is 0. The summed E-state index contributed by atoms with van der Waals surface area (Å²) in [5.41, 5.74) is 1.10. The third kappa shape index (κ3) is 3.44. The minimum Gasteiger partial charge on any atom is -0.321 e. The minimum atomic E-state index is -0.221. The molecule has 0 aliphatic heterocycles. The van der Waals surface area contributed by atoms with E-state index in [1.807, 2.05) is 12.1 Å². The zero-order valence-corrected chi connectivity index (χ0v) is 10.3. The number of anilines is 1. The van der Waals surface area contributed by atoms with Crippen LogP contribution in [0.15, 0.2) is 48.8 Å². The van der Waals surface area contributed by atoms with Crippen LogP contribution in [0.5, 0.6) is 0 Å². The average Bonchev–Trinajstić information content (AvgIpc) is 2.33. The molecule has 0 aliphatic rings. The summed E-state index contributed by atoms with van der Waals surface area (Å²) >= 11 is 5.93. The molecule has 3 nitrogen and oxygen atoms in total. The van der Waals surface area contributed by atoms with Gasteiger partial charge in [0.25, 0.3) is 5.91 Å². The first-order chi connectivity index (χ1) is 7.77. The molecule has 0 saturated heterocycles. The Kier molecular flexibility index (Phi) is 4.94. The molecule has 0 fully saturated rings. The minimum absolute atomic E-state index is 0. The molecule has 0 unspecified atom stereocenters. The van der Waals surface area contributed by atoms with Gasteiger partial charge in [-0.05, 0) is 24.3 Å². The van der Waals surface area contributed by atoms with Gasteiger partial charge in [0.05, 0.1) is 16.3 Å². The van der Waals surface area contributed by atoms with Crippen molar-refractivity contribution in [3.05, 3.63) is 59.4 Å². The van der Waals surface area contributed by atoms with Crippen molar-refractivity contribution in [2.24, 2.45) is 0 Å². The second-order valence-electron chi connectivity index (χ2n) is 3.18. The molecule has 0 atom stereocenters. The molecule has 2 aromatic rings. The van der Waals surface area contributed by atoms with Crippen molar-refractivity contribution in [1.82, 2.24) is 4.98 Å². The van der Waals surface area contributed by atoms with Crippen molar-refractivity contribution in [1.29, 1.82) is 0 Å². The maximum Gasteiger partial charge on any atom is 0.257 e. The highest BCUT2D eigenvalue weighted by Gasteiger charge is 2.07. The molecule has 2 rings (SSSR count). The summed E-state index contributed by atoms with van der Waals surface area (Å²) in [7, 11) is 0. The van der Waals surface area contributed by atoms with E-state index in [0.29, 0.717) is 16.3 Å². The number of amides is 1. The first-order valence-corrected chi connectivity index (χ1v) is 5.11. The lowest BCUT2D eigenvalue weighted by atomic mass is 10.2. The molecular weight excluding hydrogens is 259 g/mol. The lowest BCUT2D eigenvalue weighted by molar-refractivity contribution is 0.102. The second-order valence-corrected chi connectivity index (χ2v) is 3.58. The van der Waals surface area contributed by atoms with Crippen molar-refractivity contribution >= 4 is 35.6 Å². The van der Waals surface area contributed by atoms with Crippen LogP contribution in [0.2, 0.25) is 5.02 Å². The van der Waals surface area contributed by atoms with Crippen LogP contribution in [0.25, 0.3) is 0 Å². The van der Waals surface area contributed by atoms with Gasteiger partial charge < -0.3 is 5.32 Å². The van der Waals surface area contributed by atoms with Gasteiger partial charge in [0.15, 0.2) is 0 Å². The maximum absolute atomic E-state index is 11.8. The number of para-hydroxylation sites is 1. The highest BCUT2D eigenvalue weighted by Crippen LogP contribution is 2.20. The highest BCUT2D eigenvalue weighted by atomic mass is 35.5. The Morgan fingerprint density at radius 1 is 1.18 bits per heavy atom. The van der Waals surface area contributed by atoms with Crippen molar-refractivity contribution in [2.45, 2.75) is 0 Å². The van der Waals surface area contributed by atoms with Gasteiger partial charge in [-0.2, -0.15) is 0 Å². The fourth-order valence-corrected chi connectivity index (χ4v) is 1.44. The Morgan fingerprint density at radius 2 is 1.94 bits per heavy atom. The SMILES string of the molecule is Cl.O=C(Nc1ccccc1Cl)c1cccnc1. The predicted octanol–water partition coefficient (Wildman–Crippen LogP) is 3.41. The Morgan fingerprint density at radius 3 is 2.59 bits per heavy atom. The summed E-state index contributed by atoms with van der Waals surface area (Å²) in [6.45, 7) is 0. The number of carbonyl (C=O) groups excluding carboxylic acids is 1. The van der Waals surface area contributed by atoms with Gasteiger partial charge in [-0.3, -0.25) is 9.78 Å². The molecule has 0 saturated carbocycles. The van der Waals surface area contributed by atoms with E-state index in [4.69, 9.17) is 11.6 Å². The lowest BCUT2D eigenvalue weighted by Gasteiger charge is -2.06. The van der Waals surface area contributed by atoms with E-state index in [9.17, 15) is 4.79 Å². The van der Waals surface area contributed by atoms with E-state index in [2.05, 4.69) is 10.3 Å². The van der Waals surface area contributed by atoms with Gasteiger partial charge in [0.1, 0.15) is 0 Å². The average molecular weight is 269 g/mol. The van der Waals surface area contributed by atoms with Gasteiger partial charge in [0, 0.05) is 12.4 Å². The summed E-state index contributed by atoms with van der Waals surface area (Å²) in [5.74, 6) is -0.221. The zero-order valence-electron chi connectivity index (χ0n) is 8.76. The molecule has 17 heavy (non-hydrogen) atoms. The van der Waals surface area contributed by atoms with E-state index in [1.54, 1.807) is 30.5 Å². The van der Waals surface area contributed by atoms with Crippen molar-refractivity contribution in [3.63, 3.8) is 0 Å². The Balaban J connectivity index is 0.00000144. The number of carbonyl (C=O) groups is 1. The standard InChI is InChI=1S/C12H9ClN2O.ClH/c13-10-5-1-2-6-11(10)15-12(16)9-4-3-7-14-8-9;/h1-8H,(H,15,16);1H. The highest BCUT2D eigenvalue weighted by molar-refractivity contribution is 6.33. The molecule has 0 spiro atoms. The van der Waals surface area contributed by atoms with Crippen LogP contribution in [0, 0.1) is 0 Å². The monoisotopic (exact) mass is 268 g/mol. The van der Waals surface area contributed by atoms with Crippen LogP contribution in [0.3, 0.4) is 0 Å². The molecule has 88 valence electrons. The number of nitrogens with one attached hydrogen (secondary N) is 1. The number of hydrogen-bond donors (Lipinski definition) is 1. The van der Waals surface area contributed by atoms with Crippen molar-refractivity contribution in [2.75, 3.05) is 5.32 Å². The predicted molar refractivity (Wildman–Crippen MR) is 70.9 cm³/mol. The smallest absolute Gasteiger partial charge is 0.257 e. The van der Waals surface area contributed by atoms with Crippen LogP contribution >= 0.6 is 24.0 Å². The van der Waals surface area contributed by atoms with Crippen LogP contribution in [-0.4, -0.2) is 10.9 Å². The summed E-state index contributed by atoms with van der Waals surface area (Å²) in [6, 6.07) is 10.5. The molecule has 1 heterocycles. The first-order valence-electron chi connectivity index (χ1n) is 4.73. The van der Waals surface area contributed by atoms with Gasteiger partial charge in [-0.15, -0.1) is 12.4 Å². The van der Waals surface area contributed by atoms with E-state index in [1.165, 1.54) is 6.20 Å². The number of pyridine rings is 1. The van der Waals surface area contributed by atoms with E-state index in [-0.39, 0.29) is 18.3 Å².